The predicted molar refractivity (Wildman–Crippen MR) is 93.9 cm³/mol. The molecule has 1 aliphatic heterocycles. The molecule has 1 saturated heterocycles. The molecule has 1 saturated carbocycles. The molecular formula is C20H35NO2. The summed E-state index contributed by atoms with van der Waals surface area (Å²) in [6, 6.07) is 0. The number of hydrogen-bond acceptors (Lipinski definition) is 2. The van der Waals surface area contributed by atoms with E-state index in [9.17, 15) is 9.59 Å². The summed E-state index contributed by atoms with van der Waals surface area (Å²) in [5.41, 5.74) is -0.525. The summed E-state index contributed by atoms with van der Waals surface area (Å²) in [7, 11) is 0. The number of nitrogens with zero attached hydrogens (tertiary/aromatic N) is 1. The van der Waals surface area contributed by atoms with Gasteiger partial charge in [0, 0.05) is 12.5 Å². The number of hydrogen-bond donors (Lipinski definition) is 0. The molecule has 0 spiro atoms. The minimum absolute atomic E-state index is 0.0410. The van der Waals surface area contributed by atoms with Gasteiger partial charge in [0.05, 0.1) is 5.41 Å². The van der Waals surface area contributed by atoms with E-state index in [0.717, 1.165) is 25.7 Å². The maximum atomic E-state index is 12.9. The molecular weight excluding hydrogens is 286 g/mol. The highest BCUT2D eigenvalue weighted by atomic mass is 16.2. The third kappa shape index (κ3) is 3.34. The molecule has 0 unspecified atom stereocenters. The zero-order valence-electron chi connectivity index (χ0n) is 15.6. The highest BCUT2D eigenvalue weighted by Gasteiger charge is 2.64. The summed E-state index contributed by atoms with van der Waals surface area (Å²) in [6.45, 7) is 9.15. The van der Waals surface area contributed by atoms with Crippen molar-refractivity contribution in [3.8, 4) is 0 Å². The first-order valence-electron chi connectivity index (χ1n) is 9.72. The first kappa shape index (κ1) is 18.5. The van der Waals surface area contributed by atoms with E-state index in [2.05, 4.69) is 27.7 Å². The van der Waals surface area contributed by atoms with Crippen LogP contribution in [0, 0.1) is 16.7 Å². The molecule has 132 valence electrons. The minimum atomic E-state index is -0.342. The zero-order chi connectivity index (χ0) is 17.1. The van der Waals surface area contributed by atoms with E-state index in [1.807, 2.05) is 0 Å². The molecule has 0 aromatic heterocycles. The Labute approximate surface area is 142 Å². The number of amides is 2. The largest absolute Gasteiger partial charge is 0.282 e. The molecule has 2 fully saturated rings. The number of imide groups is 1. The van der Waals surface area contributed by atoms with Crippen LogP contribution in [0.25, 0.3) is 0 Å². The normalized spacial score (nSPS) is 29.4. The number of fused-ring (bicyclic) bond motifs is 2. The summed E-state index contributed by atoms with van der Waals surface area (Å²) >= 11 is 0. The minimum Gasteiger partial charge on any atom is -0.282 e. The molecule has 2 amide bonds. The van der Waals surface area contributed by atoms with Crippen molar-refractivity contribution >= 4 is 11.8 Å². The maximum absolute atomic E-state index is 12.9. The fraction of sp³-hybridized carbons (Fsp3) is 0.900. The lowest BCUT2D eigenvalue weighted by Gasteiger charge is -2.47. The van der Waals surface area contributed by atoms with Crippen LogP contribution in [-0.4, -0.2) is 23.3 Å². The zero-order valence-corrected chi connectivity index (χ0v) is 15.6. The Morgan fingerprint density at radius 3 is 2.13 bits per heavy atom. The van der Waals surface area contributed by atoms with Crippen LogP contribution < -0.4 is 0 Å². The molecule has 2 bridgehead atoms. The quantitative estimate of drug-likeness (QED) is 0.445. The Hall–Kier alpha value is -0.860. The maximum Gasteiger partial charge on any atom is 0.235 e. The van der Waals surface area contributed by atoms with Crippen LogP contribution in [0.2, 0.25) is 0 Å². The van der Waals surface area contributed by atoms with Crippen molar-refractivity contribution in [2.24, 2.45) is 16.7 Å². The molecule has 2 rings (SSSR count). The van der Waals surface area contributed by atoms with Crippen molar-refractivity contribution in [2.75, 3.05) is 6.54 Å². The van der Waals surface area contributed by atoms with Gasteiger partial charge in [-0.2, -0.15) is 0 Å². The third-order valence-electron chi connectivity index (χ3n) is 6.74. The lowest BCUT2D eigenvalue weighted by atomic mass is 9.62. The topological polar surface area (TPSA) is 37.4 Å². The van der Waals surface area contributed by atoms with Gasteiger partial charge in [-0.3, -0.25) is 14.5 Å². The first-order valence-corrected chi connectivity index (χ1v) is 9.72. The Morgan fingerprint density at radius 2 is 1.52 bits per heavy atom. The van der Waals surface area contributed by atoms with Crippen LogP contribution in [0.5, 0.6) is 0 Å². The summed E-state index contributed by atoms with van der Waals surface area (Å²) in [5, 5.41) is 0. The van der Waals surface area contributed by atoms with Gasteiger partial charge < -0.3 is 0 Å². The average Bonchev–Trinajstić information content (AvgIpc) is 2.69. The number of rotatable bonds is 9. The first-order chi connectivity index (χ1) is 10.9. The standard InChI is InChI=1S/C20H35NO2/c1-5-6-7-8-9-10-11-12-15-21-17(22)16-13-14-20(4,18(21)23)19(16,2)3/h16H,5-15H2,1-4H3/t16-,20+/m1/s1. The highest BCUT2D eigenvalue weighted by molar-refractivity contribution is 6.03. The Bertz CT molecular complexity index is 443. The van der Waals surface area contributed by atoms with Crippen molar-refractivity contribution in [2.45, 2.75) is 91.9 Å². The predicted octanol–water partition coefficient (Wildman–Crippen LogP) is 4.94. The fourth-order valence-corrected chi connectivity index (χ4v) is 4.52. The lowest BCUT2D eigenvalue weighted by Crippen LogP contribution is -2.59. The summed E-state index contributed by atoms with van der Waals surface area (Å²) in [6.07, 6.45) is 11.6. The Kier molecular flexibility index (Phi) is 5.91. The van der Waals surface area contributed by atoms with Gasteiger partial charge in [-0.1, -0.05) is 72.6 Å². The average molecular weight is 322 g/mol. The van der Waals surface area contributed by atoms with Gasteiger partial charge in [0.15, 0.2) is 0 Å². The van der Waals surface area contributed by atoms with E-state index in [0.29, 0.717) is 6.54 Å². The van der Waals surface area contributed by atoms with E-state index in [1.54, 1.807) is 4.90 Å². The van der Waals surface area contributed by atoms with Gasteiger partial charge in [0.25, 0.3) is 0 Å². The van der Waals surface area contributed by atoms with E-state index in [1.165, 1.54) is 38.5 Å². The van der Waals surface area contributed by atoms with E-state index in [4.69, 9.17) is 0 Å². The van der Waals surface area contributed by atoms with Crippen molar-refractivity contribution in [1.82, 2.24) is 4.90 Å². The van der Waals surface area contributed by atoms with Gasteiger partial charge in [0.1, 0.15) is 0 Å². The molecule has 2 atom stereocenters. The fourth-order valence-electron chi connectivity index (χ4n) is 4.52. The molecule has 0 aromatic rings. The molecule has 23 heavy (non-hydrogen) atoms. The van der Waals surface area contributed by atoms with Gasteiger partial charge in [-0.15, -0.1) is 0 Å². The van der Waals surface area contributed by atoms with E-state index in [-0.39, 0.29) is 28.6 Å². The van der Waals surface area contributed by atoms with Crippen LogP contribution in [0.3, 0.4) is 0 Å². The van der Waals surface area contributed by atoms with Crippen LogP contribution in [-0.2, 0) is 9.59 Å². The molecule has 1 aliphatic carbocycles. The molecule has 0 N–H and O–H groups in total. The summed E-state index contributed by atoms with van der Waals surface area (Å²) < 4.78 is 0. The Balaban J connectivity index is 1.78. The van der Waals surface area contributed by atoms with Gasteiger partial charge in [-0.25, -0.2) is 0 Å². The van der Waals surface area contributed by atoms with Crippen molar-refractivity contribution in [3.05, 3.63) is 0 Å². The summed E-state index contributed by atoms with van der Waals surface area (Å²) in [4.78, 5) is 27.2. The van der Waals surface area contributed by atoms with Gasteiger partial charge in [-0.05, 0) is 24.7 Å². The molecule has 1 heterocycles. The number of likely N-dealkylation sites (tertiary alicyclic amines) is 1. The van der Waals surface area contributed by atoms with Crippen LogP contribution >= 0.6 is 0 Å². The van der Waals surface area contributed by atoms with Crippen LogP contribution in [0.15, 0.2) is 0 Å². The van der Waals surface area contributed by atoms with Crippen LogP contribution in [0.1, 0.15) is 91.9 Å². The molecule has 0 radical (unpaired) electrons. The second kappa shape index (κ2) is 7.36. The van der Waals surface area contributed by atoms with E-state index >= 15 is 0 Å². The molecule has 3 nitrogen and oxygen atoms in total. The number of carbonyl (C=O) groups excluding carboxylic acids is 2. The van der Waals surface area contributed by atoms with Gasteiger partial charge >= 0.3 is 0 Å². The summed E-state index contributed by atoms with van der Waals surface area (Å²) in [5.74, 6) is 0.223. The molecule has 2 aliphatic rings. The Morgan fingerprint density at radius 1 is 0.957 bits per heavy atom. The number of unbranched alkanes of at least 4 members (excludes halogenated alkanes) is 7. The van der Waals surface area contributed by atoms with Crippen molar-refractivity contribution < 1.29 is 9.59 Å². The molecule has 3 heteroatoms. The van der Waals surface area contributed by atoms with Crippen LogP contribution in [0.4, 0.5) is 0 Å². The van der Waals surface area contributed by atoms with Gasteiger partial charge in [0.2, 0.25) is 11.8 Å². The second-order valence-electron chi connectivity index (χ2n) is 8.41. The SMILES string of the molecule is CCCCCCCCCCN1C(=O)[C@H]2CC[C@@](C)(C1=O)C2(C)C. The van der Waals surface area contributed by atoms with E-state index < -0.39 is 0 Å². The van der Waals surface area contributed by atoms with Crippen molar-refractivity contribution in [3.63, 3.8) is 0 Å². The lowest BCUT2D eigenvalue weighted by molar-refractivity contribution is -0.167. The monoisotopic (exact) mass is 321 g/mol. The molecule has 0 aromatic carbocycles. The number of carbonyl (C=O) groups is 2. The highest BCUT2D eigenvalue weighted by Crippen LogP contribution is 2.60. The smallest absolute Gasteiger partial charge is 0.235 e. The third-order valence-corrected chi connectivity index (χ3v) is 6.74. The number of piperidine rings is 1. The second-order valence-corrected chi connectivity index (χ2v) is 8.41. The van der Waals surface area contributed by atoms with Crippen molar-refractivity contribution in [1.29, 1.82) is 0 Å².